The second-order valence-electron chi connectivity index (χ2n) is 8.60. The lowest BCUT2D eigenvalue weighted by molar-refractivity contribution is 0.102. The van der Waals surface area contributed by atoms with Crippen LogP contribution in [-0.4, -0.2) is 32.5 Å². The zero-order chi connectivity index (χ0) is 21.5. The summed E-state index contributed by atoms with van der Waals surface area (Å²) in [6.07, 6.45) is 3.34. The molecule has 2 heterocycles. The van der Waals surface area contributed by atoms with E-state index in [9.17, 15) is 13.2 Å². The maximum absolute atomic E-state index is 12.9. The van der Waals surface area contributed by atoms with E-state index < -0.39 is 10.0 Å². The Morgan fingerprint density at radius 3 is 2.50 bits per heavy atom. The third kappa shape index (κ3) is 4.15. The minimum atomic E-state index is -3.63. The molecule has 4 atom stereocenters. The van der Waals surface area contributed by atoms with Crippen LogP contribution in [-0.2, 0) is 10.0 Å². The lowest BCUT2D eigenvalue weighted by Gasteiger charge is -2.27. The van der Waals surface area contributed by atoms with E-state index in [-0.39, 0.29) is 16.8 Å². The molecule has 2 bridgehead atoms. The average molecular weight is 428 g/mol. The van der Waals surface area contributed by atoms with Crippen molar-refractivity contribution < 1.29 is 13.2 Å². The van der Waals surface area contributed by atoms with Gasteiger partial charge in [0, 0.05) is 29.4 Å². The summed E-state index contributed by atoms with van der Waals surface area (Å²) >= 11 is 0. The van der Waals surface area contributed by atoms with Crippen LogP contribution in [0.3, 0.4) is 0 Å². The van der Waals surface area contributed by atoms with Crippen molar-refractivity contribution in [1.82, 2.24) is 10.0 Å². The Morgan fingerprint density at radius 1 is 1.10 bits per heavy atom. The van der Waals surface area contributed by atoms with Crippen molar-refractivity contribution in [2.75, 3.05) is 5.32 Å². The molecule has 3 N–H and O–H groups in total. The van der Waals surface area contributed by atoms with E-state index in [0.29, 0.717) is 34.8 Å². The molecule has 2 aliphatic heterocycles. The Labute approximate surface area is 178 Å². The number of hydrogen-bond donors (Lipinski definition) is 3. The van der Waals surface area contributed by atoms with Crippen LogP contribution in [0, 0.1) is 19.8 Å². The number of carbonyl (C=O) groups excluding carboxylic acids is 1. The molecule has 2 fully saturated rings. The van der Waals surface area contributed by atoms with E-state index in [2.05, 4.69) is 15.4 Å². The van der Waals surface area contributed by atoms with Crippen LogP contribution in [0.25, 0.3) is 0 Å². The highest BCUT2D eigenvalue weighted by molar-refractivity contribution is 7.89. The highest BCUT2D eigenvalue weighted by atomic mass is 32.2. The smallest absolute Gasteiger partial charge is 0.255 e. The molecule has 160 valence electrons. The number of benzene rings is 2. The summed E-state index contributed by atoms with van der Waals surface area (Å²) in [5, 5.41) is 6.45. The van der Waals surface area contributed by atoms with Crippen molar-refractivity contribution in [1.29, 1.82) is 0 Å². The first-order valence-corrected chi connectivity index (χ1v) is 12.0. The standard InChI is InChI=1S/C23H29N3O3S/c1-14-6-4-5-7-19(14)23(27)25-21-11-9-18(12-15(21)2)30(28,29)26-16(3)20-13-17-8-10-22(20)24-17/h4-7,9,11-12,16-17,20,22,24,26H,8,10,13H2,1-3H3,(H,25,27). The first-order chi connectivity index (χ1) is 14.2. The second kappa shape index (κ2) is 8.13. The summed E-state index contributed by atoms with van der Waals surface area (Å²) in [5.41, 5.74) is 2.80. The predicted octanol–water partition coefficient (Wildman–Crippen LogP) is 3.36. The fourth-order valence-electron chi connectivity index (χ4n) is 4.78. The Bertz CT molecular complexity index is 1070. The minimum absolute atomic E-state index is 0.126. The van der Waals surface area contributed by atoms with Gasteiger partial charge in [0.25, 0.3) is 5.91 Å². The van der Waals surface area contributed by atoms with Crippen molar-refractivity contribution in [3.05, 3.63) is 59.2 Å². The quantitative estimate of drug-likeness (QED) is 0.660. The van der Waals surface area contributed by atoms with Crippen LogP contribution in [0.1, 0.15) is 47.7 Å². The molecule has 6 nitrogen and oxygen atoms in total. The van der Waals surface area contributed by atoms with Crippen LogP contribution < -0.4 is 15.4 Å². The van der Waals surface area contributed by atoms with Crippen molar-refractivity contribution in [2.45, 2.75) is 63.1 Å². The molecule has 30 heavy (non-hydrogen) atoms. The van der Waals surface area contributed by atoms with Crippen LogP contribution in [0.5, 0.6) is 0 Å². The van der Waals surface area contributed by atoms with Gasteiger partial charge in [-0.05, 0) is 81.3 Å². The highest BCUT2D eigenvalue weighted by Crippen LogP contribution is 2.35. The van der Waals surface area contributed by atoms with E-state index in [1.807, 2.05) is 32.0 Å². The third-order valence-electron chi connectivity index (χ3n) is 6.48. The van der Waals surface area contributed by atoms with Crippen molar-refractivity contribution in [3.63, 3.8) is 0 Å². The fourth-order valence-corrected chi connectivity index (χ4v) is 6.16. The topological polar surface area (TPSA) is 87.3 Å². The van der Waals surface area contributed by atoms with Gasteiger partial charge in [-0.15, -0.1) is 0 Å². The fraction of sp³-hybridized carbons (Fsp3) is 0.435. The monoisotopic (exact) mass is 427 g/mol. The second-order valence-corrected chi connectivity index (χ2v) is 10.3. The number of amides is 1. The number of nitrogens with one attached hydrogen (secondary N) is 3. The molecular weight excluding hydrogens is 398 g/mol. The maximum Gasteiger partial charge on any atom is 0.255 e. The number of hydrogen-bond acceptors (Lipinski definition) is 4. The van der Waals surface area contributed by atoms with Crippen LogP contribution in [0.15, 0.2) is 47.4 Å². The SMILES string of the molecule is Cc1cc(S(=O)(=O)NC(C)C2CC3CCC2N3)ccc1NC(=O)c1ccccc1C. The van der Waals surface area contributed by atoms with Crippen molar-refractivity contribution >= 4 is 21.6 Å². The molecule has 0 saturated carbocycles. The molecule has 1 amide bonds. The van der Waals surface area contributed by atoms with Gasteiger partial charge in [-0.2, -0.15) is 0 Å². The van der Waals surface area contributed by atoms with E-state index in [0.717, 1.165) is 18.4 Å². The Kier molecular flexibility index (Phi) is 5.70. The highest BCUT2D eigenvalue weighted by Gasteiger charge is 2.42. The van der Waals surface area contributed by atoms with Crippen LogP contribution in [0.2, 0.25) is 0 Å². The predicted molar refractivity (Wildman–Crippen MR) is 118 cm³/mol. The maximum atomic E-state index is 12.9. The third-order valence-corrected chi connectivity index (χ3v) is 8.04. The Balaban J connectivity index is 1.46. The minimum Gasteiger partial charge on any atom is -0.322 e. The molecule has 2 aromatic rings. The largest absolute Gasteiger partial charge is 0.322 e. The van der Waals surface area contributed by atoms with Gasteiger partial charge < -0.3 is 10.6 Å². The molecule has 4 rings (SSSR count). The number of anilines is 1. The molecule has 7 heteroatoms. The van der Waals surface area contributed by atoms with Gasteiger partial charge in [-0.1, -0.05) is 18.2 Å². The Hall–Kier alpha value is -2.22. The summed E-state index contributed by atoms with van der Waals surface area (Å²) in [5.74, 6) is 0.120. The number of fused-ring (bicyclic) bond motifs is 2. The lowest BCUT2D eigenvalue weighted by Crippen LogP contribution is -2.42. The summed E-state index contributed by atoms with van der Waals surface area (Å²) in [7, 11) is -3.63. The molecule has 2 aliphatic rings. The molecular formula is C23H29N3O3S. The van der Waals surface area contributed by atoms with E-state index in [1.165, 1.54) is 6.42 Å². The number of carbonyl (C=O) groups is 1. The van der Waals surface area contributed by atoms with Gasteiger partial charge in [-0.3, -0.25) is 4.79 Å². The van der Waals surface area contributed by atoms with Crippen molar-refractivity contribution in [2.24, 2.45) is 5.92 Å². The first kappa shape index (κ1) is 21.0. The molecule has 4 unspecified atom stereocenters. The first-order valence-electron chi connectivity index (χ1n) is 10.5. The van der Waals surface area contributed by atoms with E-state index >= 15 is 0 Å². The van der Waals surface area contributed by atoms with Crippen LogP contribution >= 0.6 is 0 Å². The summed E-state index contributed by atoms with van der Waals surface area (Å²) in [6.45, 7) is 5.64. The zero-order valence-electron chi connectivity index (χ0n) is 17.6. The lowest BCUT2D eigenvalue weighted by atomic mass is 9.85. The molecule has 0 spiro atoms. The average Bonchev–Trinajstić information content (AvgIpc) is 3.33. The number of sulfonamides is 1. The molecule has 0 radical (unpaired) electrons. The normalized spacial score (nSPS) is 24.0. The summed E-state index contributed by atoms with van der Waals surface area (Å²) < 4.78 is 28.7. The zero-order valence-corrected chi connectivity index (χ0v) is 18.4. The van der Waals surface area contributed by atoms with Gasteiger partial charge >= 0.3 is 0 Å². The molecule has 2 aromatic carbocycles. The number of aryl methyl sites for hydroxylation is 2. The van der Waals surface area contributed by atoms with Gasteiger partial charge in [0.05, 0.1) is 4.90 Å². The molecule has 2 saturated heterocycles. The van der Waals surface area contributed by atoms with E-state index in [4.69, 9.17) is 0 Å². The van der Waals surface area contributed by atoms with Gasteiger partial charge in [0.2, 0.25) is 10.0 Å². The van der Waals surface area contributed by atoms with E-state index in [1.54, 1.807) is 31.2 Å². The van der Waals surface area contributed by atoms with Gasteiger partial charge in [-0.25, -0.2) is 13.1 Å². The molecule has 0 aromatic heterocycles. The van der Waals surface area contributed by atoms with Crippen LogP contribution in [0.4, 0.5) is 5.69 Å². The number of rotatable bonds is 6. The summed E-state index contributed by atoms with van der Waals surface area (Å²) in [6, 6.07) is 13.0. The Morgan fingerprint density at radius 2 is 1.87 bits per heavy atom. The van der Waals surface area contributed by atoms with Gasteiger partial charge in [0.1, 0.15) is 0 Å². The van der Waals surface area contributed by atoms with Crippen molar-refractivity contribution in [3.8, 4) is 0 Å². The summed E-state index contributed by atoms with van der Waals surface area (Å²) in [4.78, 5) is 12.8. The molecule has 0 aliphatic carbocycles. The van der Waals surface area contributed by atoms with Gasteiger partial charge in [0.15, 0.2) is 0 Å².